The van der Waals surface area contributed by atoms with Crippen LogP contribution in [0.5, 0.6) is 0 Å². The average molecular weight is 274 g/mol. The van der Waals surface area contributed by atoms with E-state index in [1.165, 1.54) is 16.7 Å². The summed E-state index contributed by atoms with van der Waals surface area (Å²) in [6.07, 6.45) is 1.13. The van der Waals surface area contributed by atoms with Crippen molar-refractivity contribution in [3.63, 3.8) is 0 Å². The molecule has 0 bridgehead atoms. The van der Waals surface area contributed by atoms with Crippen LogP contribution >= 0.6 is 0 Å². The highest BCUT2D eigenvalue weighted by molar-refractivity contribution is 5.87. The van der Waals surface area contributed by atoms with Gasteiger partial charge in [0.05, 0.1) is 23.2 Å². The van der Waals surface area contributed by atoms with Gasteiger partial charge in [-0.1, -0.05) is 12.1 Å². The first kappa shape index (κ1) is 13.5. The highest BCUT2D eigenvalue weighted by Crippen LogP contribution is 2.10. The summed E-state index contributed by atoms with van der Waals surface area (Å²) in [5.74, 6) is -1.07. The molecule has 0 amide bonds. The number of nitro groups is 1. The second-order valence-corrected chi connectivity index (χ2v) is 4.12. The van der Waals surface area contributed by atoms with E-state index in [9.17, 15) is 19.7 Å². The number of carbonyl (C=O) groups is 1. The van der Waals surface area contributed by atoms with E-state index in [0.29, 0.717) is 5.56 Å². The van der Waals surface area contributed by atoms with Gasteiger partial charge < -0.3 is 9.67 Å². The molecule has 7 heteroatoms. The van der Waals surface area contributed by atoms with Crippen molar-refractivity contribution >= 4 is 11.7 Å². The predicted molar refractivity (Wildman–Crippen MR) is 69.9 cm³/mol. The van der Waals surface area contributed by atoms with Crippen molar-refractivity contribution in [2.45, 2.75) is 6.54 Å². The second kappa shape index (κ2) is 5.35. The topological polar surface area (TPSA) is 102 Å². The van der Waals surface area contributed by atoms with Gasteiger partial charge in [-0.25, -0.2) is 4.79 Å². The zero-order valence-corrected chi connectivity index (χ0v) is 10.2. The van der Waals surface area contributed by atoms with Gasteiger partial charge in [-0.05, 0) is 17.7 Å². The molecule has 20 heavy (non-hydrogen) atoms. The van der Waals surface area contributed by atoms with Crippen LogP contribution in [0.1, 0.15) is 15.9 Å². The molecule has 0 atom stereocenters. The van der Waals surface area contributed by atoms with E-state index >= 15 is 0 Å². The predicted octanol–water partition coefficient (Wildman–Crippen LogP) is 1.50. The third-order valence-electron chi connectivity index (χ3n) is 2.71. The van der Waals surface area contributed by atoms with Crippen molar-refractivity contribution in [2.24, 2.45) is 0 Å². The van der Waals surface area contributed by atoms with Crippen LogP contribution in [0.3, 0.4) is 0 Å². The van der Waals surface area contributed by atoms with E-state index in [2.05, 4.69) is 0 Å². The molecule has 1 aromatic heterocycles. The van der Waals surface area contributed by atoms with E-state index in [1.54, 1.807) is 12.1 Å². The van der Waals surface area contributed by atoms with Crippen molar-refractivity contribution in [3.05, 3.63) is 74.2 Å². The molecule has 7 nitrogen and oxygen atoms in total. The molecule has 2 rings (SSSR count). The van der Waals surface area contributed by atoms with Gasteiger partial charge in [0.15, 0.2) is 0 Å². The van der Waals surface area contributed by atoms with Crippen molar-refractivity contribution in [2.75, 3.05) is 0 Å². The Morgan fingerprint density at radius 1 is 1.30 bits per heavy atom. The molecule has 0 aliphatic carbocycles. The van der Waals surface area contributed by atoms with Crippen LogP contribution in [0.2, 0.25) is 0 Å². The van der Waals surface area contributed by atoms with E-state index in [0.717, 1.165) is 18.3 Å². The van der Waals surface area contributed by atoms with Gasteiger partial charge in [-0.15, -0.1) is 0 Å². The maximum atomic E-state index is 11.6. The Labute approximate surface area is 112 Å². The molecule has 0 aliphatic heterocycles. The number of pyridine rings is 1. The lowest BCUT2D eigenvalue weighted by Crippen LogP contribution is -2.19. The number of nitrogens with zero attached hydrogens (tertiary/aromatic N) is 2. The van der Waals surface area contributed by atoms with Gasteiger partial charge in [0.2, 0.25) is 0 Å². The summed E-state index contributed by atoms with van der Waals surface area (Å²) >= 11 is 0. The van der Waals surface area contributed by atoms with E-state index in [1.807, 2.05) is 0 Å². The Morgan fingerprint density at radius 3 is 2.70 bits per heavy atom. The number of carboxylic acid groups (broad SMARTS) is 1. The summed E-state index contributed by atoms with van der Waals surface area (Å²) in [6, 6.07) is 8.31. The molecular formula is C13H10N2O5. The fourth-order valence-electron chi connectivity index (χ4n) is 1.75. The van der Waals surface area contributed by atoms with E-state index in [4.69, 9.17) is 5.11 Å². The number of benzene rings is 1. The van der Waals surface area contributed by atoms with Gasteiger partial charge >= 0.3 is 5.97 Å². The fourth-order valence-corrected chi connectivity index (χ4v) is 1.75. The molecule has 1 N–H and O–H groups in total. The third-order valence-corrected chi connectivity index (χ3v) is 2.71. The van der Waals surface area contributed by atoms with Crippen molar-refractivity contribution in [1.82, 2.24) is 4.57 Å². The third kappa shape index (κ3) is 2.89. The Morgan fingerprint density at radius 2 is 2.05 bits per heavy atom. The Bertz CT molecular complexity index is 736. The van der Waals surface area contributed by atoms with Gasteiger partial charge in [0.1, 0.15) is 0 Å². The van der Waals surface area contributed by atoms with Crippen molar-refractivity contribution in [3.8, 4) is 0 Å². The molecule has 0 unspecified atom stereocenters. The number of carboxylic acids is 1. The monoisotopic (exact) mass is 274 g/mol. The summed E-state index contributed by atoms with van der Waals surface area (Å²) in [5.41, 5.74) is 0.0868. The van der Waals surface area contributed by atoms with Crippen molar-refractivity contribution < 1.29 is 14.8 Å². The Hall–Kier alpha value is -2.96. The summed E-state index contributed by atoms with van der Waals surface area (Å²) in [7, 11) is 0. The average Bonchev–Trinajstić information content (AvgIpc) is 2.41. The highest BCUT2D eigenvalue weighted by atomic mass is 16.6. The number of hydrogen-bond acceptors (Lipinski definition) is 4. The van der Waals surface area contributed by atoms with Crippen LogP contribution in [0, 0.1) is 10.1 Å². The molecule has 0 radical (unpaired) electrons. The highest BCUT2D eigenvalue weighted by Gasteiger charge is 2.09. The molecule has 0 aliphatic rings. The van der Waals surface area contributed by atoms with Crippen molar-refractivity contribution in [1.29, 1.82) is 0 Å². The first-order valence-electron chi connectivity index (χ1n) is 5.64. The number of rotatable bonds is 4. The molecule has 0 saturated carbocycles. The maximum absolute atomic E-state index is 11.6. The standard InChI is InChI=1S/C13H10N2O5/c16-12-5-4-11(15(19)20)8-14(12)7-9-2-1-3-10(6-9)13(17)18/h1-6,8H,7H2,(H,17,18). The Kier molecular flexibility index (Phi) is 3.60. The van der Waals surface area contributed by atoms with Crippen LogP contribution in [0.15, 0.2) is 47.4 Å². The maximum Gasteiger partial charge on any atom is 0.335 e. The largest absolute Gasteiger partial charge is 0.478 e. The lowest BCUT2D eigenvalue weighted by atomic mass is 10.1. The molecule has 2 aromatic rings. The molecular weight excluding hydrogens is 264 g/mol. The number of hydrogen-bond donors (Lipinski definition) is 1. The first-order chi connectivity index (χ1) is 9.47. The zero-order chi connectivity index (χ0) is 14.7. The summed E-state index contributed by atoms with van der Waals surface area (Å²) in [5, 5.41) is 19.6. The minimum absolute atomic E-state index is 0.0711. The molecule has 0 fully saturated rings. The normalized spacial score (nSPS) is 10.2. The van der Waals surface area contributed by atoms with Gasteiger partial charge in [-0.3, -0.25) is 14.9 Å². The lowest BCUT2D eigenvalue weighted by molar-refractivity contribution is -0.385. The summed E-state index contributed by atoms with van der Waals surface area (Å²) in [6.45, 7) is 0.0711. The van der Waals surface area contributed by atoms with Crippen LogP contribution in [0.25, 0.3) is 0 Å². The van der Waals surface area contributed by atoms with Gasteiger partial charge in [0.25, 0.3) is 11.2 Å². The van der Waals surface area contributed by atoms with Crippen LogP contribution in [-0.4, -0.2) is 20.6 Å². The quantitative estimate of drug-likeness (QED) is 0.672. The minimum Gasteiger partial charge on any atom is -0.478 e. The van der Waals surface area contributed by atoms with E-state index < -0.39 is 16.5 Å². The van der Waals surface area contributed by atoms with Crippen LogP contribution < -0.4 is 5.56 Å². The fraction of sp³-hybridized carbons (Fsp3) is 0.0769. The zero-order valence-electron chi connectivity index (χ0n) is 10.2. The molecule has 1 aromatic carbocycles. The van der Waals surface area contributed by atoms with Crippen LogP contribution in [-0.2, 0) is 6.54 Å². The van der Waals surface area contributed by atoms with Crippen LogP contribution in [0.4, 0.5) is 5.69 Å². The lowest BCUT2D eigenvalue weighted by Gasteiger charge is -2.06. The van der Waals surface area contributed by atoms with Gasteiger partial charge in [0, 0.05) is 12.1 Å². The molecule has 0 spiro atoms. The molecule has 102 valence electrons. The SMILES string of the molecule is O=C(O)c1cccc(Cn2cc([N+](=O)[O-])ccc2=O)c1. The first-order valence-corrected chi connectivity index (χ1v) is 5.64. The summed E-state index contributed by atoms with van der Waals surface area (Å²) < 4.78 is 1.17. The Balaban J connectivity index is 2.37. The van der Waals surface area contributed by atoms with Gasteiger partial charge in [-0.2, -0.15) is 0 Å². The number of aromatic carboxylic acids is 1. The van der Waals surface area contributed by atoms with E-state index in [-0.39, 0.29) is 17.8 Å². The minimum atomic E-state index is -1.07. The number of aromatic nitrogens is 1. The smallest absolute Gasteiger partial charge is 0.335 e. The summed E-state index contributed by atoms with van der Waals surface area (Å²) in [4.78, 5) is 32.6. The molecule has 1 heterocycles. The second-order valence-electron chi connectivity index (χ2n) is 4.12. The molecule has 0 saturated heterocycles.